The Morgan fingerprint density at radius 2 is 1.81 bits per heavy atom. The maximum atomic E-state index is 12.3. The average Bonchev–Trinajstić information content (AvgIpc) is 3.16. The number of hydrogen-bond acceptors (Lipinski definition) is 7. The molecular formula is C22H32N6O2S. The van der Waals surface area contributed by atoms with Gasteiger partial charge in [-0.05, 0) is 37.8 Å². The molecule has 3 aromatic rings. The van der Waals surface area contributed by atoms with Gasteiger partial charge in [0, 0.05) is 30.6 Å². The number of nitrogens with one attached hydrogen (secondary N) is 1. The van der Waals surface area contributed by atoms with E-state index in [-0.39, 0.29) is 17.1 Å². The molecule has 0 spiro atoms. The summed E-state index contributed by atoms with van der Waals surface area (Å²) in [4.78, 5) is 11.0. The van der Waals surface area contributed by atoms with Gasteiger partial charge < -0.3 is 10.2 Å². The van der Waals surface area contributed by atoms with Gasteiger partial charge in [-0.1, -0.05) is 39.0 Å². The van der Waals surface area contributed by atoms with Gasteiger partial charge in [-0.3, -0.25) is 0 Å². The van der Waals surface area contributed by atoms with Crippen LogP contribution >= 0.6 is 0 Å². The zero-order valence-corrected chi connectivity index (χ0v) is 19.9. The van der Waals surface area contributed by atoms with Gasteiger partial charge in [-0.2, -0.15) is 19.6 Å². The van der Waals surface area contributed by atoms with Crippen LogP contribution in [0.25, 0.3) is 5.65 Å². The first-order valence-corrected chi connectivity index (χ1v) is 12.6. The minimum Gasteiger partial charge on any atom is -0.372 e. The molecule has 9 heteroatoms. The van der Waals surface area contributed by atoms with Crippen LogP contribution in [0.4, 0.5) is 11.6 Å². The molecule has 2 heterocycles. The molecule has 8 nitrogen and oxygen atoms in total. The molecule has 0 aliphatic carbocycles. The Bertz CT molecular complexity index is 1160. The molecule has 31 heavy (non-hydrogen) atoms. The van der Waals surface area contributed by atoms with Gasteiger partial charge in [0.05, 0.1) is 12.2 Å². The maximum Gasteiger partial charge on any atom is 0.252 e. The number of para-hydroxylation sites is 1. The second kappa shape index (κ2) is 9.21. The number of hydrogen-bond donors (Lipinski definition) is 1. The van der Waals surface area contributed by atoms with E-state index in [1.54, 1.807) is 10.7 Å². The summed E-state index contributed by atoms with van der Waals surface area (Å²) in [6, 6.07) is 8.13. The van der Waals surface area contributed by atoms with Gasteiger partial charge in [0.1, 0.15) is 0 Å². The van der Waals surface area contributed by atoms with Crippen molar-refractivity contribution in [1.82, 2.24) is 19.6 Å². The third-order valence-corrected chi connectivity index (χ3v) is 6.14. The number of aromatic nitrogens is 4. The molecule has 3 rings (SSSR count). The van der Waals surface area contributed by atoms with Crippen LogP contribution in [0.15, 0.2) is 35.6 Å². The molecule has 0 aliphatic rings. The van der Waals surface area contributed by atoms with Crippen LogP contribution in [0.5, 0.6) is 0 Å². The SMILES string of the molecule is CCCN(CC)c1ccccc1C(C)Nc1nc(S(C)(=O)=O)nc2c(C(C)C)cnn12. The van der Waals surface area contributed by atoms with Gasteiger partial charge in [-0.15, -0.1) is 0 Å². The number of fused-ring (bicyclic) bond motifs is 1. The monoisotopic (exact) mass is 444 g/mol. The molecule has 1 aromatic carbocycles. The molecule has 0 bridgehead atoms. The van der Waals surface area contributed by atoms with Crippen molar-refractivity contribution in [2.24, 2.45) is 0 Å². The van der Waals surface area contributed by atoms with E-state index in [0.717, 1.165) is 42.6 Å². The largest absolute Gasteiger partial charge is 0.372 e. The summed E-state index contributed by atoms with van der Waals surface area (Å²) in [6.45, 7) is 12.3. The lowest BCUT2D eigenvalue weighted by molar-refractivity contribution is 0.591. The van der Waals surface area contributed by atoms with E-state index in [0.29, 0.717) is 11.6 Å². The number of benzene rings is 1. The zero-order valence-electron chi connectivity index (χ0n) is 19.1. The van der Waals surface area contributed by atoms with E-state index >= 15 is 0 Å². The lowest BCUT2D eigenvalue weighted by atomic mass is 10.0. The average molecular weight is 445 g/mol. The molecular weight excluding hydrogens is 412 g/mol. The summed E-state index contributed by atoms with van der Waals surface area (Å²) in [7, 11) is -3.58. The molecule has 0 saturated heterocycles. The first kappa shape index (κ1) is 23.0. The van der Waals surface area contributed by atoms with E-state index in [4.69, 9.17) is 0 Å². The molecule has 0 saturated carbocycles. The Balaban J connectivity index is 2.08. The number of sulfone groups is 1. The van der Waals surface area contributed by atoms with E-state index in [9.17, 15) is 8.42 Å². The lowest BCUT2D eigenvalue weighted by Crippen LogP contribution is -2.26. The van der Waals surface area contributed by atoms with Crippen molar-refractivity contribution < 1.29 is 8.42 Å². The second-order valence-electron chi connectivity index (χ2n) is 8.10. The summed E-state index contributed by atoms with van der Waals surface area (Å²) in [5, 5.41) is 7.62. The predicted octanol–water partition coefficient (Wildman–Crippen LogP) is 4.06. The fourth-order valence-electron chi connectivity index (χ4n) is 3.67. The van der Waals surface area contributed by atoms with Crippen LogP contribution in [0, 0.1) is 0 Å². The van der Waals surface area contributed by atoms with Crippen molar-refractivity contribution in [3.05, 3.63) is 41.6 Å². The molecule has 0 fully saturated rings. The normalized spacial score (nSPS) is 13.0. The number of rotatable bonds is 9. The molecule has 0 amide bonds. The Kier molecular flexibility index (Phi) is 6.83. The third kappa shape index (κ3) is 4.81. The number of anilines is 2. The highest BCUT2D eigenvalue weighted by atomic mass is 32.2. The summed E-state index contributed by atoms with van der Waals surface area (Å²) in [5.74, 6) is 0.510. The topological polar surface area (TPSA) is 92.5 Å². The number of nitrogens with zero attached hydrogens (tertiary/aromatic N) is 5. The van der Waals surface area contributed by atoms with Crippen molar-refractivity contribution in [2.75, 3.05) is 29.6 Å². The Morgan fingerprint density at radius 3 is 2.42 bits per heavy atom. The fourth-order valence-corrected chi connectivity index (χ4v) is 4.18. The summed E-state index contributed by atoms with van der Waals surface area (Å²) in [6.07, 6.45) is 3.90. The van der Waals surface area contributed by atoms with E-state index in [1.807, 2.05) is 32.9 Å². The molecule has 0 radical (unpaired) electrons. The van der Waals surface area contributed by atoms with Crippen molar-refractivity contribution in [1.29, 1.82) is 0 Å². The fraction of sp³-hybridized carbons (Fsp3) is 0.500. The van der Waals surface area contributed by atoms with Crippen LogP contribution in [-0.4, -0.2) is 47.3 Å². The quantitative estimate of drug-likeness (QED) is 0.532. The first-order valence-electron chi connectivity index (χ1n) is 10.7. The van der Waals surface area contributed by atoms with Gasteiger partial charge in [-0.25, -0.2) is 8.42 Å². The van der Waals surface area contributed by atoms with Gasteiger partial charge in [0.15, 0.2) is 5.65 Å². The molecule has 1 unspecified atom stereocenters. The van der Waals surface area contributed by atoms with Crippen LogP contribution < -0.4 is 10.2 Å². The lowest BCUT2D eigenvalue weighted by Gasteiger charge is -2.28. The van der Waals surface area contributed by atoms with Crippen molar-refractivity contribution in [3.63, 3.8) is 0 Å². The van der Waals surface area contributed by atoms with Crippen molar-refractivity contribution in [3.8, 4) is 0 Å². The van der Waals surface area contributed by atoms with E-state index < -0.39 is 9.84 Å². The van der Waals surface area contributed by atoms with Crippen LogP contribution in [-0.2, 0) is 9.84 Å². The van der Waals surface area contributed by atoms with Crippen molar-refractivity contribution in [2.45, 2.75) is 58.2 Å². The standard InChI is InChI=1S/C22H32N6O2S/c1-7-13-27(8-2)19-12-10-9-11-17(19)16(5)24-21-26-22(31(6,29)30)25-20-18(15(3)4)14-23-28(20)21/h9-12,14-16H,7-8,13H2,1-6H3,(H,24,25,26). The van der Waals surface area contributed by atoms with Gasteiger partial charge in [0.25, 0.3) is 5.16 Å². The molecule has 168 valence electrons. The molecule has 0 aliphatic heterocycles. The summed E-state index contributed by atoms with van der Waals surface area (Å²) in [5.41, 5.74) is 3.66. The minimum atomic E-state index is -3.58. The first-order chi connectivity index (χ1) is 14.7. The predicted molar refractivity (Wildman–Crippen MR) is 125 cm³/mol. The van der Waals surface area contributed by atoms with Crippen molar-refractivity contribution >= 4 is 27.1 Å². The van der Waals surface area contributed by atoms with E-state index in [1.165, 1.54) is 0 Å². The van der Waals surface area contributed by atoms with E-state index in [2.05, 4.69) is 51.3 Å². The zero-order chi connectivity index (χ0) is 22.8. The maximum absolute atomic E-state index is 12.3. The van der Waals surface area contributed by atoms with Gasteiger partial charge >= 0.3 is 0 Å². The summed E-state index contributed by atoms with van der Waals surface area (Å²) >= 11 is 0. The molecule has 2 aromatic heterocycles. The highest BCUT2D eigenvalue weighted by molar-refractivity contribution is 7.90. The molecule has 1 atom stereocenters. The van der Waals surface area contributed by atoms with Crippen LogP contribution in [0.2, 0.25) is 0 Å². The molecule has 1 N–H and O–H groups in total. The second-order valence-corrected chi connectivity index (χ2v) is 10.0. The smallest absolute Gasteiger partial charge is 0.252 e. The summed E-state index contributed by atoms with van der Waals surface area (Å²) < 4.78 is 26.1. The van der Waals surface area contributed by atoms with Crippen LogP contribution in [0.1, 0.15) is 64.1 Å². The highest BCUT2D eigenvalue weighted by Crippen LogP contribution is 2.29. The van der Waals surface area contributed by atoms with Crippen LogP contribution in [0.3, 0.4) is 0 Å². The Labute approximate surface area is 184 Å². The highest BCUT2D eigenvalue weighted by Gasteiger charge is 2.22. The third-order valence-electron chi connectivity index (χ3n) is 5.29. The Hall–Kier alpha value is -2.68. The van der Waals surface area contributed by atoms with Gasteiger partial charge in [0.2, 0.25) is 15.8 Å². The Morgan fingerprint density at radius 1 is 1.10 bits per heavy atom. The minimum absolute atomic E-state index is 0.126.